The smallest absolute Gasteiger partial charge is 0.309 e. The molecule has 1 aromatic heterocycles. The van der Waals surface area contributed by atoms with E-state index in [0.29, 0.717) is 5.75 Å². The molecular formula is C28H34N4O4S. The number of rotatable bonds is 9. The highest BCUT2D eigenvalue weighted by Gasteiger charge is 2.32. The molecule has 1 saturated heterocycles. The Hall–Kier alpha value is -3.56. The van der Waals surface area contributed by atoms with E-state index in [1.165, 1.54) is 0 Å². The summed E-state index contributed by atoms with van der Waals surface area (Å²) in [6.07, 6.45) is 0. The third-order valence-electron chi connectivity index (χ3n) is 6.64. The van der Waals surface area contributed by atoms with Gasteiger partial charge in [-0.05, 0) is 36.6 Å². The van der Waals surface area contributed by atoms with Crippen molar-refractivity contribution in [2.24, 2.45) is 0 Å². The lowest BCUT2D eigenvalue weighted by Crippen LogP contribution is -2.53. The van der Waals surface area contributed by atoms with Crippen molar-refractivity contribution in [1.82, 2.24) is 15.5 Å². The lowest BCUT2D eigenvalue weighted by molar-refractivity contribution is -0.140. The Morgan fingerprint density at radius 3 is 2.24 bits per heavy atom. The first-order chi connectivity index (χ1) is 18.0. The lowest BCUT2D eigenvalue weighted by atomic mass is 10.0. The third kappa shape index (κ3) is 6.42. The quantitative estimate of drug-likeness (QED) is 0.419. The van der Waals surface area contributed by atoms with Crippen molar-refractivity contribution in [3.63, 3.8) is 0 Å². The zero-order valence-corrected chi connectivity index (χ0v) is 22.3. The number of benzene rings is 2. The summed E-state index contributed by atoms with van der Waals surface area (Å²) < 4.78 is 10.9. The summed E-state index contributed by atoms with van der Waals surface area (Å²) >= 11 is 1.66. The Morgan fingerprint density at radius 2 is 1.57 bits per heavy atom. The van der Waals surface area contributed by atoms with E-state index in [9.17, 15) is 9.59 Å². The maximum Gasteiger partial charge on any atom is 0.309 e. The van der Waals surface area contributed by atoms with E-state index in [1.54, 1.807) is 25.6 Å². The van der Waals surface area contributed by atoms with Crippen LogP contribution >= 0.6 is 11.3 Å². The number of thiophene rings is 1. The van der Waals surface area contributed by atoms with Gasteiger partial charge in [0.05, 0.1) is 25.9 Å². The molecule has 1 aliphatic rings. The van der Waals surface area contributed by atoms with Crippen LogP contribution in [0.5, 0.6) is 11.5 Å². The number of methoxy groups -OCH3 is 2. The number of carbonyl (C=O) groups is 2. The molecule has 0 saturated carbocycles. The topological polar surface area (TPSA) is 83.1 Å². The predicted molar refractivity (Wildman–Crippen MR) is 146 cm³/mol. The monoisotopic (exact) mass is 522 g/mol. The second-order valence-corrected chi connectivity index (χ2v) is 9.89. The maximum atomic E-state index is 12.8. The van der Waals surface area contributed by atoms with Gasteiger partial charge in [0.2, 0.25) is 0 Å². The molecule has 0 bridgehead atoms. The van der Waals surface area contributed by atoms with Crippen LogP contribution in [0.4, 0.5) is 5.69 Å². The first-order valence-electron chi connectivity index (χ1n) is 12.4. The largest absolute Gasteiger partial charge is 0.496 e. The van der Waals surface area contributed by atoms with Crippen molar-refractivity contribution in [2.75, 3.05) is 45.3 Å². The van der Waals surface area contributed by atoms with Crippen molar-refractivity contribution in [1.29, 1.82) is 0 Å². The van der Waals surface area contributed by atoms with Crippen LogP contribution in [0, 0.1) is 0 Å². The van der Waals surface area contributed by atoms with Crippen molar-refractivity contribution in [2.45, 2.75) is 25.6 Å². The zero-order valence-electron chi connectivity index (χ0n) is 21.5. The van der Waals surface area contributed by atoms with Gasteiger partial charge in [-0.1, -0.05) is 36.4 Å². The molecule has 2 amide bonds. The van der Waals surface area contributed by atoms with Gasteiger partial charge in [0, 0.05) is 49.2 Å². The normalized spacial score (nSPS) is 15.5. The van der Waals surface area contributed by atoms with E-state index in [4.69, 9.17) is 9.47 Å². The van der Waals surface area contributed by atoms with E-state index in [2.05, 4.69) is 32.6 Å². The SMILES string of the molecule is COc1ccccc1CNC(=O)C(=O)N[C@@H](C)[C@H](c1cccs1)N1CCN(c2ccccc2OC)CC1. The van der Waals surface area contributed by atoms with E-state index in [-0.39, 0.29) is 18.6 Å². The van der Waals surface area contributed by atoms with Gasteiger partial charge in [-0.25, -0.2) is 0 Å². The van der Waals surface area contributed by atoms with Gasteiger partial charge >= 0.3 is 11.8 Å². The molecule has 2 atom stereocenters. The summed E-state index contributed by atoms with van der Waals surface area (Å²) in [6, 6.07) is 19.3. The molecule has 9 heteroatoms. The van der Waals surface area contributed by atoms with Crippen molar-refractivity contribution in [3.05, 3.63) is 76.5 Å². The average molecular weight is 523 g/mol. The van der Waals surface area contributed by atoms with Crippen LogP contribution in [0.2, 0.25) is 0 Å². The average Bonchev–Trinajstić information content (AvgIpc) is 3.46. The minimum atomic E-state index is -0.663. The fourth-order valence-electron chi connectivity index (χ4n) is 4.79. The van der Waals surface area contributed by atoms with Gasteiger partial charge in [0.1, 0.15) is 11.5 Å². The summed E-state index contributed by atoms with van der Waals surface area (Å²) in [5.74, 6) is 0.229. The third-order valence-corrected chi connectivity index (χ3v) is 7.58. The Morgan fingerprint density at radius 1 is 0.892 bits per heavy atom. The number of piperazine rings is 1. The van der Waals surface area contributed by atoms with Crippen LogP contribution in [0.3, 0.4) is 0 Å². The Bertz CT molecular complexity index is 1180. The summed E-state index contributed by atoms with van der Waals surface area (Å²) in [4.78, 5) is 31.3. The number of para-hydroxylation sites is 3. The number of ether oxygens (including phenoxy) is 2. The number of carbonyl (C=O) groups excluding carboxylic acids is 2. The van der Waals surface area contributed by atoms with Crippen LogP contribution in [0.15, 0.2) is 66.0 Å². The molecule has 3 aromatic rings. The molecule has 4 rings (SSSR count). The maximum absolute atomic E-state index is 12.8. The summed E-state index contributed by atoms with van der Waals surface area (Å²) in [5, 5.41) is 7.69. The Balaban J connectivity index is 1.38. The molecule has 1 fully saturated rings. The van der Waals surface area contributed by atoms with E-state index in [0.717, 1.165) is 48.1 Å². The first kappa shape index (κ1) is 26.5. The standard InChI is InChI=1S/C28H34N4O4S/c1-20(30-28(34)27(33)29-19-21-9-4-6-11-23(21)35-2)26(25-13-8-18-37-25)32-16-14-31(15-17-32)22-10-5-7-12-24(22)36-3/h4-13,18,20,26H,14-17,19H2,1-3H3,(H,29,33)(H,30,34)/t20-,26+/m0/s1. The number of nitrogens with zero attached hydrogens (tertiary/aromatic N) is 2. The highest BCUT2D eigenvalue weighted by atomic mass is 32.1. The molecule has 1 aliphatic heterocycles. The highest BCUT2D eigenvalue weighted by Crippen LogP contribution is 2.32. The van der Waals surface area contributed by atoms with Crippen LogP contribution in [0.1, 0.15) is 23.4 Å². The molecule has 37 heavy (non-hydrogen) atoms. The molecule has 0 radical (unpaired) electrons. The Labute approximate surface area is 222 Å². The number of amides is 2. The minimum Gasteiger partial charge on any atom is -0.496 e. The van der Waals surface area contributed by atoms with Crippen LogP contribution < -0.4 is 25.0 Å². The molecule has 2 N–H and O–H groups in total. The van der Waals surface area contributed by atoms with Crippen LogP contribution in [0.25, 0.3) is 0 Å². The van der Waals surface area contributed by atoms with Gasteiger partial charge in [-0.3, -0.25) is 14.5 Å². The highest BCUT2D eigenvalue weighted by molar-refractivity contribution is 7.10. The molecule has 0 unspecified atom stereocenters. The van der Waals surface area contributed by atoms with Crippen molar-refractivity contribution >= 4 is 28.8 Å². The molecule has 0 aliphatic carbocycles. The van der Waals surface area contributed by atoms with E-state index >= 15 is 0 Å². The molecule has 2 heterocycles. The van der Waals surface area contributed by atoms with E-state index in [1.807, 2.05) is 60.8 Å². The Kier molecular flexibility index (Phi) is 9.03. The molecule has 8 nitrogen and oxygen atoms in total. The van der Waals surface area contributed by atoms with E-state index < -0.39 is 11.8 Å². The number of hydrogen-bond donors (Lipinski definition) is 2. The van der Waals surface area contributed by atoms with Gasteiger partial charge in [-0.2, -0.15) is 0 Å². The molecule has 2 aromatic carbocycles. The van der Waals surface area contributed by atoms with Crippen molar-refractivity contribution < 1.29 is 19.1 Å². The number of hydrogen-bond acceptors (Lipinski definition) is 7. The number of anilines is 1. The second kappa shape index (κ2) is 12.6. The summed E-state index contributed by atoms with van der Waals surface area (Å²) in [7, 11) is 3.27. The van der Waals surface area contributed by atoms with Gasteiger partial charge in [0.25, 0.3) is 0 Å². The molecular weight excluding hydrogens is 488 g/mol. The fourth-order valence-corrected chi connectivity index (χ4v) is 5.75. The zero-order chi connectivity index (χ0) is 26.2. The van der Waals surface area contributed by atoms with Gasteiger partial charge in [0.15, 0.2) is 0 Å². The van der Waals surface area contributed by atoms with Gasteiger partial charge in [-0.15, -0.1) is 11.3 Å². The lowest BCUT2D eigenvalue weighted by Gasteiger charge is -2.42. The molecule has 196 valence electrons. The summed E-state index contributed by atoms with van der Waals surface area (Å²) in [6.45, 7) is 5.48. The van der Waals surface area contributed by atoms with Gasteiger partial charge < -0.3 is 25.0 Å². The van der Waals surface area contributed by atoms with Crippen LogP contribution in [-0.2, 0) is 16.1 Å². The second-order valence-electron chi connectivity index (χ2n) is 8.91. The molecule has 0 spiro atoms. The summed E-state index contributed by atoms with van der Waals surface area (Å²) in [5.41, 5.74) is 1.90. The van der Waals surface area contributed by atoms with Crippen LogP contribution in [-0.4, -0.2) is 63.2 Å². The fraction of sp³-hybridized carbons (Fsp3) is 0.357. The van der Waals surface area contributed by atoms with Crippen molar-refractivity contribution in [3.8, 4) is 11.5 Å². The predicted octanol–water partition coefficient (Wildman–Crippen LogP) is 3.45. The first-order valence-corrected chi connectivity index (χ1v) is 13.3. The minimum absolute atomic E-state index is 0.0363. The number of nitrogens with one attached hydrogen (secondary N) is 2.